The third kappa shape index (κ3) is 4.10. The smallest absolute Gasteiger partial charge is 0.238 e. The number of piperazine rings is 1. The van der Waals surface area contributed by atoms with Gasteiger partial charge in [-0.15, -0.1) is 0 Å². The molecular formula is C24H26N6O2S. The van der Waals surface area contributed by atoms with E-state index in [1.807, 2.05) is 12.4 Å². The van der Waals surface area contributed by atoms with E-state index < -0.39 is 10.0 Å². The first-order valence-corrected chi connectivity index (χ1v) is 12.4. The lowest BCUT2D eigenvalue weighted by atomic mass is 10.0. The standard InChI is InChI=1S/C24H26N6O2S/c1-16-11-26-12-17(2)30(16)21-7-3-18(4-8-21)20-13-27-24-23(14-28-29(24)15-20)19-5-9-22(10-6-19)33(25,31)32/h3-10,13-17,26H,11-12H2,1-2H3,(H2,25,31,32). The monoisotopic (exact) mass is 462 g/mol. The topological polar surface area (TPSA) is 106 Å². The number of fused-ring (bicyclic) bond motifs is 1. The molecule has 170 valence electrons. The van der Waals surface area contributed by atoms with Crippen molar-refractivity contribution in [1.82, 2.24) is 19.9 Å². The van der Waals surface area contributed by atoms with Crippen molar-refractivity contribution in [2.75, 3.05) is 18.0 Å². The number of nitrogens with zero attached hydrogens (tertiary/aromatic N) is 4. The minimum atomic E-state index is -3.73. The summed E-state index contributed by atoms with van der Waals surface area (Å²) in [5.41, 5.74) is 5.59. The summed E-state index contributed by atoms with van der Waals surface area (Å²) in [4.78, 5) is 7.18. The van der Waals surface area contributed by atoms with Gasteiger partial charge in [0.1, 0.15) is 0 Å². The van der Waals surface area contributed by atoms with Crippen LogP contribution in [-0.2, 0) is 10.0 Å². The molecular weight excluding hydrogens is 436 g/mol. The van der Waals surface area contributed by atoms with E-state index in [2.05, 4.69) is 58.4 Å². The van der Waals surface area contributed by atoms with E-state index >= 15 is 0 Å². The molecule has 5 rings (SSSR count). The van der Waals surface area contributed by atoms with Crippen LogP contribution in [0.25, 0.3) is 27.9 Å². The molecule has 0 saturated carbocycles. The molecule has 3 N–H and O–H groups in total. The van der Waals surface area contributed by atoms with Gasteiger partial charge in [-0.25, -0.2) is 23.1 Å². The maximum atomic E-state index is 11.5. The van der Waals surface area contributed by atoms with Gasteiger partial charge in [-0.05, 0) is 49.2 Å². The van der Waals surface area contributed by atoms with Crippen LogP contribution in [0.1, 0.15) is 13.8 Å². The zero-order chi connectivity index (χ0) is 23.2. The molecule has 1 aliphatic rings. The highest BCUT2D eigenvalue weighted by Crippen LogP contribution is 2.28. The summed E-state index contributed by atoms with van der Waals surface area (Å²) < 4.78 is 24.7. The third-order valence-electron chi connectivity index (χ3n) is 6.18. The second-order valence-electron chi connectivity index (χ2n) is 8.55. The first-order chi connectivity index (χ1) is 15.8. The van der Waals surface area contributed by atoms with Crippen LogP contribution in [0.3, 0.4) is 0 Å². The third-order valence-corrected chi connectivity index (χ3v) is 7.11. The Morgan fingerprint density at radius 1 is 0.909 bits per heavy atom. The summed E-state index contributed by atoms with van der Waals surface area (Å²) in [6.45, 7) is 6.45. The van der Waals surface area contributed by atoms with Gasteiger partial charge < -0.3 is 10.2 Å². The predicted octanol–water partition coefficient (Wildman–Crippen LogP) is 2.90. The largest absolute Gasteiger partial charge is 0.364 e. The summed E-state index contributed by atoms with van der Waals surface area (Å²) in [5, 5.41) is 13.1. The van der Waals surface area contributed by atoms with Crippen LogP contribution in [0.4, 0.5) is 5.69 Å². The van der Waals surface area contributed by atoms with Gasteiger partial charge in [-0.1, -0.05) is 24.3 Å². The molecule has 2 unspecified atom stereocenters. The van der Waals surface area contributed by atoms with E-state index in [1.54, 1.807) is 22.8 Å². The van der Waals surface area contributed by atoms with Gasteiger partial charge in [-0.3, -0.25) is 0 Å². The van der Waals surface area contributed by atoms with Crippen LogP contribution in [0, 0.1) is 0 Å². The molecule has 0 radical (unpaired) electrons. The van der Waals surface area contributed by atoms with E-state index in [0.29, 0.717) is 17.7 Å². The molecule has 0 bridgehead atoms. The summed E-state index contributed by atoms with van der Waals surface area (Å²) >= 11 is 0. The fourth-order valence-corrected chi connectivity index (χ4v) is 5.03. The number of hydrogen-bond donors (Lipinski definition) is 2. The number of rotatable bonds is 4. The molecule has 2 aromatic carbocycles. The molecule has 1 fully saturated rings. The van der Waals surface area contributed by atoms with Gasteiger partial charge in [-0.2, -0.15) is 5.10 Å². The first kappa shape index (κ1) is 21.6. The Kier molecular flexibility index (Phi) is 5.40. The molecule has 4 aromatic rings. The van der Waals surface area contributed by atoms with Gasteiger partial charge >= 0.3 is 0 Å². The van der Waals surface area contributed by atoms with Crippen molar-refractivity contribution in [3.63, 3.8) is 0 Å². The summed E-state index contributed by atoms with van der Waals surface area (Å²) in [5.74, 6) is 0. The average molecular weight is 463 g/mol. The van der Waals surface area contributed by atoms with Gasteiger partial charge in [0.2, 0.25) is 10.0 Å². The molecule has 1 aliphatic heterocycles. The number of hydrogen-bond acceptors (Lipinski definition) is 6. The summed E-state index contributed by atoms with van der Waals surface area (Å²) in [6, 6.07) is 15.9. The molecule has 0 spiro atoms. The van der Waals surface area contributed by atoms with E-state index in [0.717, 1.165) is 35.3 Å². The molecule has 1 saturated heterocycles. The van der Waals surface area contributed by atoms with Crippen LogP contribution < -0.4 is 15.4 Å². The molecule has 0 aliphatic carbocycles. The normalized spacial score (nSPS) is 19.2. The molecule has 3 heterocycles. The van der Waals surface area contributed by atoms with E-state index in [4.69, 9.17) is 5.14 Å². The molecule has 2 aromatic heterocycles. The second kappa shape index (κ2) is 8.26. The Balaban J connectivity index is 1.43. The minimum absolute atomic E-state index is 0.0750. The second-order valence-corrected chi connectivity index (χ2v) is 10.1. The lowest BCUT2D eigenvalue weighted by molar-refractivity contribution is 0.432. The van der Waals surface area contributed by atoms with Crippen molar-refractivity contribution in [1.29, 1.82) is 0 Å². The van der Waals surface area contributed by atoms with E-state index in [9.17, 15) is 8.42 Å². The van der Waals surface area contributed by atoms with Gasteiger partial charge in [0.15, 0.2) is 5.65 Å². The van der Waals surface area contributed by atoms with Crippen LogP contribution in [0.2, 0.25) is 0 Å². The van der Waals surface area contributed by atoms with Gasteiger partial charge in [0.05, 0.1) is 11.1 Å². The molecule has 33 heavy (non-hydrogen) atoms. The SMILES string of the molecule is CC1CNCC(C)N1c1ccc(-c2cnc3c(-c4ccc(S(N)(=O)=O)cc4)cnn3c2)cc1. The number of benzene rings is 2. The minimum Gasteiger partial charge on any atom is -0.364 e. The predicted molar refractivity (Wildman–Crippen MR) is 130 cm³/mol. The Morgan fingerprint density at radius 2 is 1.55 bits per heavy atom. The zero-order valence-electron chi connectivity index (χ0n) is 18.5. The number of sulfonamides is 1. The summed E-state index contributed by atoms with van der Waals surface area (Å²) in [6.07, 6.45) is 5.52. The number of nitrogens with one attached hydrogen (secondary N) is 1. The van der Waals surface area contributed by atoms with Crippen molar-refractivity contribution in [2.24, 2.45) is 5.14 Å². The highest BCUT2D eigenvalue weighted by molar-refractivity contribution is 7.89. The number of anilines is 1. The molecule has 9 heteroatoms. The Bertz CT molecular complexity index is 1390. The molecule has 8 nitrogen and oxygen atoms in total. The highest BCUT2D eigenvalue weighted by Gasteiger charge is 2.24. The maximum absolute atomic E-state index is 11.5. The number of nitrogens with two attached hydrogens (primary N) is 1. The van der Waals surface area contributed by atoms with Crippen molar-refractivity contribution in [3.05, 3.63) is 67.1 Å². The summed E-state index contributed by atoms with van der Waals surface area (Å²) in [7, 11) is -3.73. The lowest BCUT2D eigenvalue weighted by Gasteiger charge is -2.41. The van der Waals surface area contributed by atoms with Crippen LogP contribution in [-0.4, -0.2) is 48.2 Å². The van der Waals surface area contributed by atoms with Crippen molar-refractivity contribution < 1.29 is 8.42 Å². The zero-order valence-corrected chi connectivity index (χ0v) is 19.3. The van der Waals surface area contributed by atoms with E-state index in [-0.39, 0.29) is 4.90 Å². The fraction of sp³-hybridized carbons (Fsp3) is 0.250. The fourth-order valence-electron chi connectivity index (χ4n) is 4.52. The average Bonchev–Trinajstić information content (AvgIpc) is 3.22. The quantitative estimate of drug-likeness (QED) is 0.483. The van der Waals surface area contributed by atoms with Gasteiger partial charge in [0, 0.05) is 54.4 Å². The maximum Gasteiger partial charge on any atom is 0.238 e. The lowest BCUT2D eigenvalue weighted by Crippen LogP contribution is -2.55. The van der Waals surface area contributed by atoms with E-state index in [1.165, 1.54) is 17.8 Å². The van der Waals surface area contributed by atoms with Crippen molar-refractivity contribution in [2.45, 2.75) is 30.8 Å². The Labute approximate surface area is 193 Å². The molecule has 2 atom stereocenters. The highest BCUT2D eigenvalue weighted by atomic mass is 32.2. The van der Waals surface area contributed by atoms with Crippen LogP contribution >= 0.6 is 0 Å². The van der Waals surface area contributed by atoms with Crippen molar-refractivity contribution >= 4 is 21.4 Å². The van der Waals surface area contributed by atoms with Crippen LogP contribution in [0.15, 0.2) is 72.0 Å². The Morgan fingerprint density at radius 3 is 2.18 bits per heavy atom. The van der Waals surface area contributed by atoms with Crippen molar-refractivity contribution in [3.8, 4) is 22.3 Å². The first-order valence-electron chi connectivity index (χ1n) is 10.9. The Hall–Kier alpha value is -3.27. The number of aromatic nitrogens is 3. The van der Waals surface area contributed by atoms with Crippen LogP contribution in [0.5, 0.6) is 0 Å². The van der Waals surface area contributed by atoms with Gasteiger partial charge in [0.25, 0.3) is 0 Å². The number of primary sulfonamides is 1. The molecule has 0 amide bonds.